The van der Waals surface area contributed by atoms with Crippen molar-refractivity contribution < 1.29 is 13.2 Å². The van der Waals surface area contributed by atoms with Crippen LogP contribution in [0.15, 0.2) is 26.1 Å². The largest absolute Gasteiger partial charge is 0.313 e. The van der Waals surface area contributed by atoms with Crippen molar-refractivity contribution in [2.24, 2.45) is 4.99 Å². The summed E-state index contributed by atoms with van der Waals surface area (Å²) in [5.41, 5.74) is 1.90. The molecule has 0 aliphatic carbocycles. The Morgan fingerprint density at radius 1 is 1.32 bits per heavy atom. The highest BCUT2D eigenvalue weighted by molar-refractivity contribution is 9.11. The van der Waals surface area contributed by atoms with E-state index in [0.717, 1.165) is 26.6 Å². The maximum atomic E-state index is 12.1. The Morgan fingerprint density at radius 3 is 2.56 bits per heavy atom. The van der Waals surface area contributed by atoms with Crippen LogP contribution in [0.5, 0.6) is 0 Å². The maximum Gasteiger partial charge on any atom is 0.248 e. The molecule has 2 atom stereocenters. The highest BCUT2D eigenvalue weighted by Crippen LogP contribution is 2.46. The lowest BCUT2D eigenvalue weighted by molar-refractivity contribution is -0.117. The third-order valence-electron chi connectivity index (χ3n) is 4.15. The van der Waals surface area contributed by atoms with Gasteiger partial charge in [0.15, 0.2) is 15.0 Å². The minimum atomic E-state index is -3.08. The van der Waals surface area contributed by atoms with Gasteiger partial charge in [-0.1, -0.05) is 18.7 Å². The summed E-state index contributed by atoms with van der Waals surface area (Å²) in [6.07, 6.45) is 1.13. The molecule has 3 rings (SSSR count). The number of thioether (sulfide) groups is 1. The summed E-state index contributed by atoms with van der Waals surface area (Å²) in [5, 5.41) is 0.492. The first-order valence-electron chi connectivity index (χ1n) is 7.95. The second-order valence-electron chi connectivity index (χ2n) is 6.29. The minimum Gasteiger partial charge on any atom is -0.313 e. The number of sulfone groups is 1. The summed E-state index contributed by atoms with van der Waals surface area (Å²) < 4.78 is 25.9. The standard InChI is InChI=1S/C16H18Br2N2O3S2/c1-3-4-14(21)19-16-20(12-7-25(22,23)8-13(12)24-16)15-10(17)5-9(2)6-11(15)18/h5-6,12-13H,3-4,7-8H2,1-2H3/t12-,13+/m0/s1. The number of nitrogens with zero attached hydrogens (tertiary/aromatic N) is 2. The maximum absolute atomic E-state index is 12.1. The third-order valence-corrected chi connectivity index (χ3v) is 8.57. The number of benzene rings is 1. The Kier molecular flexibility index (Phi) is 5.68. The molecule has 0 radical (unpaired) electrons. The van der Waals surface area contributed by atoms with E-state index in [-0.39, 0.29) is 28.7 Å². The second kappa shape index (κ2) is 7.32. The predicted molar refractivity (Wildman–Crippen MR) is 110 cm³/mol. The lowest BCUT2D eigenvalue weighted by Gasteiger charge is -2.27. The average molecular weight is 510 g/mol. The number of aryl methyl sites for hydroxylation is 1. The number of amidine groups is 1. The van der Waals surface area contributed by atoms with E-state index in [1.165, 1.54) is 11.8 Å². The Bertz CT molecular complexity index is 832. The fourth-order valence-electron chi connectivity index (χ4n) is 3.12. The summed E-state index contributed by atoms with van der Waals surface area (Å²) in [7, 11) is -3.08. The molecule has 2 heterocycles. The average Bonchev–Trinajstić information content (AvgIpc) is 2.91. The Morgan fingerprint density at radius 2 is 1.96 bits per heavy atom. The van der Waals surface area contributed by atoms with Crippen molar-refractivity contribution in [2.45, 2.75) is 38.0 Å². The van der Waals surface area contributed by atoms with E-state index in [0.29, 0.717) is 11.6 Å². The number of hydrogen-bond donors (Lipinski definition) is 0. The van der Waals surface area contributed by atoms with Crippen molar-refractivity contribution >= 4 is 70.2 Å². The van der Waals surface area contributed by atoms with Gasteiger partial charge in [-0.05, 0) is 62.9 Å². The van der Waals surface area contributed by atoms with Crippen molar-refractivity contribution in [1.29, 1.82) is 0 Å². The molecule has 5 nitrogen and oxygen atoms in total. The van der Waals surface area contributed by atoms with Gasteiger partial charge in [-0.3, -0.25) is 4.79 Å². The van der Waals surface area contributed by atoms with Crippen LogP contribution in [0.3, 0.4) is 0 Å². The molecule has 1 aromatic rings. The van der Waals surface area contributed by atoms with E-state index in [1.54, 1.807) is 0 Å². The van der Waals surface area contributed by atoms with E-state index in [2.05, 4.69) is 36.9 Å². The third kappa shape index (κ3) is 3.99. The SMILES string of the molecule is CCCC(=O)N=C1S[C@@H]2CS(=O)(=O)C[C@@H]2N1c1c(Br)cc(C)cc1Br. The normalized spacial score (nSPS) is 26.2. The van der Waals surface area contributed by atoms with Crippen LogP contribution < -0.4 is 4.90 Å². The fraction of sp³-hybridized carbons (Fsp3) is 0.500. The number of amides is 1. The Hall–Kier alpha value is -0.380. The van der Waals surface area contributed by atoms with E-state index in [9.17, 15) is 13.2 Å². The second-order valence-corrected chi connectivity index (χ2v) is 11.4. The highest BCUT2D eigenvalue weighted by Gasteiger charge is 2.50. The van der Waals surface area contributed by atoms with Crippen molar-refractivity contribution in [3.63, 3.8) is 0 Å². The Balaban J connectivity index is 2.09. The molecule has 0 unspecified atom stereocenters. The van der Waals surface area contributed by atoms with Gasteiger partial charge in [-0.2, -0.15) is 4.99 Å². The molecule has 25 heavy (non-hydrogen) atoms. The van der Waals surface area contributed by atoms with Crippen LogP contribution in [0, 0.1) is 6.92 Å². The smallest absolute Gasteiger partial charge is 0.248 e. The summed E-state index contributed by atoms with van der Waals surface area (Å²) in [4.78, 5) is 18.3. The number of rotatable bonds is 3. The minimum absolute atomic E-state index is 0.0818. The van der Waals surface area contributed by atoms with E-state index >= 15 is 0 Å². The first kappa shape index (κ1) is 19.4. The van der Waals surface area contributed by atoms with E-state index < -0.39 is 9.84 Å². The number of hydrogen-bond acceptors (Lipinski definition) is 4. The van der Waals surface area contributed by atoms with Gasteiger partial charge in [0.25, 0.3) is 0 Å². The summed E-state index contributed by atoms with van der Waals surface area (Å²) in [6.45, 7) is 3.92. The zero-order valence-electron chi connectivity index (χ0n) is 13.8. The van der Waals surface area contributed by atoms with Gasteiger partial charge in [-0.25, -0.2) is 8.42 Å². The van der Waals surface area contributed by atoms with Gasteiger partial charge in [0, 0.05) is 20.6 Å². The van der Waals surface area contributed by atoms with Crippen molar-refractivity contribution in [3.8, 4) is 0 Å². The molecule has 2 fully saturated rings. The lowest BCUT2D eigenvalue weighted by Crippen LogP contribution is -2.38. The van der Waals surface area contributed by atoms with Crippen LogP contribution >= 0.6 is 43.6 Å². The first-order valence-corrected chi connectivity index (χ1v) is 12.2. The van der Waals surface area contributed by atoms with Crippen LogP contribution in [0.25, 0.3) is 0 Å². The monoisotopic (exact) mass is 508 g/mol. The van der Waals surface area contributed by atoms with Gasteiger partial charge in [0.05, 0.1) is 23.2 Å². The van der Waals surface area contributed by atoms with Crippen molar-refractivity contribution in [3.05, 3.63) is 26.6 Å². The van der Waals surface area contributed by atoms with E-state index in [4.69, 9.17) is 0 Å². The van der Waals surface area contributed by atoms with Gasteiger partial charge in [-0.15, -0.1) is 0 Å². The molecule has 0 N–H and O–H groups in total. The molecule has 0 spiro atoms. The molecule has 2 saturated heterocycles. The molecule has 136 valence electrons. The van der Waals surface area contributed by atoms with Gasteiger partial charge in [0.2, 0.25) is 5.91 Å². The number of carbonyl (C=O) groups is 1. The molecule has 2 aliphatic rings. The van der Waals surface area contributed by atoms with Crippen LogP contribution in [0.4, 0.5) is 5.69 Å². The number of fused-ring (bicyclic) bond motifs is 1. The fourth-order valence-corrected chi connectivity index (χ4v) is 8.84. The van der Waals surface area contributed by atoms with Crippen LogP contribution in [-0.2, 0) is 14.6 Å². The summed E-state index contributed by atoms with van der Waals surface area (Å²) >= 11 is 8.57. The predicted octanol–water partition coefficient (Wildman–Crippen LogP) is 3.92. The Labute approximate surface area is 168 Å². The lowest BCUT2D eigenvalue weighted by atomic mass is 10.1. The van der Waals surface area contributed by atoms with Crippen LogP contribution in [0.2, 0.25) is 0 Å². The van der Waals surface area contributed by atoms with Crippen molar-refractivity contribution in [2.75, 3.05) is 16.4 Å². The molecule has 0 saturated carbocycles. The molecule has 0 aromatic heterocycles. The van der Waals surface area contributed by atoms with Gasteiger partial charge < -0.3 is 4.90 Å². The van der Waals surface area contributed by atoms with Crippen molar-refractivity contribution in [1.82, 2.24) is 0 Å². The quantitative estimate of drug-likeness (QED) is 0.617. The topological polar surface area (TPSA) is 66.8 Å². The van der Waals surface area contributed by atoms with Crippen LogP contribution in [0.1, 0.15) is 25.3 Å². The number of aliphatic imine (C=N–C) groups is 1. The molecule has 2 aliphatic heterocycles. The molecule has 1 amide bonds. The molecule has 9 heteroatoms. The zero-order chi connectivity index (χ0) is 18.4. The summed E-state index contributed by atoms with van der Waals surface area (Å²) in [6, 6.07) is 3.75. The zero-order valence-corrected chi connectivity index (χ0v) is 18.6. The first-order chi connectivity index (χ1) is 11.7. The number of anilines is 1. The summed E-state index contributed by atoms with van der Waals surface area (Å²) in [5.74, 6) is 0.0384. The number of carbonyl (C=O) groups excluding carboxylic acids is 1. The molecular formula is C16H18Br2N2O3S2. The molecule has 0 bridgehead atoms. The van der Waals surface area contributed by atoms with E-state index in [1.807, 2.05) is 30.9 Å². The van der Waals surface area contributed by atoms with Gasteiger partial charge in [0.1, 0.15) is 0 Å². The molecular weight excluding hydrogens is 492 g/mol. The van der Waals surface area contributed by atoms with Crippen LogP contribution in [-0.4, -0.2) is 42.3 Å². The highest BCUT2D eigenvalue weighted by atomic mass is 79.9. The molecule has 1 aromatic carbocycles. The van der Waals surface area contributed by atoms with Gasteiger partial charge >= 0.3 is 0 Å². The number of halogens is 2.